The van der Waals surface area contributed by atoms with Crippen molar-refractivity contribution in [2.75, 3.05) is 6.54 Å². The lowest BCUT2D eigenvalue weighted by Crippen LogP contribution is -2.21. The van der Waals surface area contributed by atoms with Crippen LogP contribution < -0.4 is 5.32 Å². The van der Waals surface area contributed by atoms with Crippen LogP contribution in [-0.2, 0) is 0 Å². The highest BCUT2D eigenvalue weighted by molar-refractivity contribution is 14.1. The Morgan fingerprint density at radius 2 is 2.07 bits per heavy atom. The molecular formula is C12H18IN. The SMILES string of the molecule is CCNC(CC)c1cccc(C)c1I. The summed E-state index contributed by atoms with van der Waals surface area (Å²) in [5.41, 5.74) is 2.81. The summed E-state index contributed by atoms with van der Waals surface area (Å²) in [5, 5.41) is 3.51. The van der Waals surface area contributed by atoms with Gasteiger partial charge in [0.1, 0.15) is 0 Å². The van der Waals surface area contributed by atoms with Crippen molar-refractivity contribution in [3.63, 3.8) is 0 Å². The van der Waals surface area contributed by atoms with Crippen LogP contribution in [0.5, 0.6) is 0 Å². The van der Waals surface area contributed by atoms with E-state index in [0.717, 1.165) is 13.0 Å². The molecule has 0 radical (unpaired) electrons. The fourth-order valence-corrected chi connectivity index (χ4v) is 2.40. The van der Waals surface area contributed by atoms with Gasteiger partial charge in [-0.05, 0) is 53.6 Å². The van der Waals surface area contributed by atoms with E-state index in [-0.39, 0.29) is 0 Å². The summed E-state index contributed by atoms with van der Waals surface area (Å²) in [6, 6.07) is 7.05. The number of benzene rings is 1. The molecule has 1 atom stereocenters. The second-order valence-corrected chi connectivity index (χ2v) is 4.58. The average Bonchev–Trinajstić information content (AvgIpc) is 2.19. The number of aryl methyl sites for hydroxylation is 1. The normalized spacial score (nSPS) is 12.9. The van der Waals surface area contributed by atoms with E-state index in [0.29, 0.717) is 6.04 Å². The van der Waals surface area contributed by atoms with E-state index in [9.17, 15) is 0 Å². The molecule has 0 aromatic heterocycles. The van der Waals surface area contributed by atoms with Gasteiger partial charge in [-0.15, -0.1) is 0 Å². The van der Waals surface area contributed by atoms with Gasteiger partial charge in [0.25, 0.3) is 0 Å². The first-order valence-corrected chi connectivity index (χ1v) is 6.27. The lowest BCUT2D eigenvalue weighted by molar-refractivity contribution is 0.535. The molecule has 1 unspecified atom stereocenters. The van der Waals surface area contributed by atoms with E-state index >= 15 is 0 Å². The third-order valence-electron chi connectivity index (χ3n) is 2.46. The maximum absolute atomic E-state index is 3.51. The molecule has 1 aromatic rings. The molecule has 0 amide bonds. The molecule has 2 heteroatoms. The monoisotopic (exact) mass is 303 g/mol. The van der Waals surface area contributed by atoms with Crippen LogP contribution in [0.2, 0.25) is 0 Å². The molecule has 0 heterocycles. The Morgan fingerprint density at radius 3 is 2.64 bits per heavy atom. The van der Waals surface area contributed by atoms with Gasteiger partial charge in [0, 0.05) is 9.61 Å². The molecule has 0 saturated carbocycles. The minimum absolute atomic E-state index is 0.506. The topological polar surface area (TPSA) is 12.0 Å². The quantitative estimate of drug-likeness (QED) is 0.837. The molecule has 0 bridgehead atoms. The lowest BCUT2D eigenvalue weighted by Gasteiger charge is -2.18. The first-order chi connectivity index (χ1) is 6.70. The zero-order chi connectivity index (χ0) is 10.6. The fourth-order valence-electron chi connectivity index (χ4n) is 1.66. The van der Waals surface area contributed by atoms with E-state index in [1.165, 1.54) is 14.7 Å². The van der Waals surface area contributed by atoms with Crippen molar-refractivity contribution in [1.29, 1.82) is 0 Å². The van der Waals surface area contributed by atoms with Crippen LogP contribution in [0.3, 0.4) is 0 Å². The number of nitrogens with one attached hydrogen (secondary N) is 1. The second kappa shape index (κ2) is 5.71. The number of hydrogen-bond acceptors (Lipinski definition) is 1. The zero-order valence-electron chi connectivity index (χ0n) is 9.10. The standard InChI is InChI=1S/C12H18IN/c1-4-11(14-5-2)10-8-6-7-9(3)12(10)13/h6-8,11,14H,4-5H2,1-3H3. The third kappa shape index (κ3) is 2.70. The van der Waals surface area contributed by atoms with E-state index in [1.54, 1.807) is 0 Å². The molecule has 0 fully saturated rings. The molecule has 0 saturated heterocycles. The number of hydrogen-bond donors (Lipinski definition) is 1. The molecule has 1 nitrogen and oxygen atoms in total. The summed E-state index contributed by atoms with van der Waals surface area (Å²) in [7, 11) is 0. The number of rotatable bonds is 4. The van der Waals surface area contributed by atoms with Crippen molar-refractivity contribution in [3.8, 4) is 0 Å². The Morgan fingerprint density at radius 1 is 1.36 bits per heavy atom. The first-order valence-electron chi connectivity index (χ1n) is 5.19. The summed E-state index contributed by atoms with van der Waals surface area (Å²) in [4.78, 5) is 0. The fraction of sp³-hybridized carbons (Fsp3) is 0.500. The van der Waals surface area contributed by atoms with Crippen LogP contribution in [-0.4, -0.2) is 6.54 Å². The van der Waals surface area contributed by atoms with Crippen LogP contribution in [0.15, 0.2) is 18.2 Å². The smallest absolute Gasteiger partial charge is 0.0328 e. The van der Waals surface area contributed by atoms with Gasteiger partial charge in [-0.25, -0.2) is 0 Å². The summed E-state index contributed by atoms with van der Waals surface area (Å²) in [6.45, 7) is 7.59. The maximum atomic E-state index is 3.51. The van der Waals surface area contributed by atoms with Gasteiger partial charge in [0.15, 0.2) is 0 Å². The molecule has 0 aliphatic heterocycles. The van der Waals surface area contributed by atoms with Crippen molar-refractivity contribution in [2.24, 2.45) is 0 Å². The molecule has 78 valence electrons. The Labute approximate surface area is 100 Å². The Kier molecular flexibility index (Phi) is 4.89. The van der Waals surface area contributed by atoms with Gasteiger partial charge in [-0.2, -0.15) is 0 Å². The molecule has 14 heavy (non-hydrogen) atoms. The van der Waals surface area contributed by atoms with E-state index in [1.807, 2.05) is 0 Å². The lowest BCUT2D eigenvalue weighted by atomic mass is 10.0. The molecular weight excluding hydrogens is 285 g/mol. The predicted molar refractivity (Wildman–Crippen MR) is 70.6 cm³/mol. The van der Waals surface area contributed by atoms with E-state index in [2.05, 4.69) is 66.9 Å². The third-order valence-corrected chi connectivity index (χ3v) is 3.93. The molecule has 1 N–H and O–H groups in total. The highest BCUT2D eigenvalue weighted by Gasteiger charge is 2.11. The summed E-state index contributed by atoms with van der Waals surface area (Å²) >= 11 is 2.44. The van der Waals surface area contributed by atoms with Gasteiger partial charge in [0.05, 0.1) is 0 Å². The van der Waals surface area contributed by atoms with Gasteiger partial charge in [0.2, 0.25) is 0 Å². The average molecular weight is 303 g/mol. The Balaban J connectivity index is 2.97. The second-order valence-electron chi connectivity index (χ2n) is 3.50. The van der Waals surface area contributed by atoms with Crippen LogP contribution in [0.25, 0.3) is 0 Å². The highest BCUT2D eigenvalue weighted by Crippen LogP contribution is 2.24. The molecule has 0 aliphatic rings. The van der Waals surface area contributed by atoms with Crippen molar-refractivity contribution in [1.82, 2.24) is 5.32 Å². The van der Waals surface area contributed by atoms with Crippen molar-refractivity contribution in [2.45, 2.75) is 33.2 Å². The van der Waals surface area contributed by atoms with Crippen LogP contribution in [0, 0.1) is 10.5 Å². The zero-order valence-corrected chi connectivity index (χ0v) is 11.3. The summed E-state index contributed by atoms with van der Waals surface area (Å²) in [6.07, 6.45) is 1.15. The van der Waals surface area contributed by atoms with Crippen molar-refractivity contribution < 1.29 is 0 Å². The molecule has 1 rings (SSSR count). The highest BCUT2D eigenvalue weighted by atomic mass is 127. The van der Waals surface area contributed by atoms with Crippen molar-refractivity contribution >= 4 is 22.6 Å². The van der Waals surface area contributed by atoms with Gasteiger partial charge in [-0.1, -0.05) is 32.0 Å². The van der Waals surface area contributed by atoms with Gasteiger partial charge < -0.3 is 5.32 Å². The van der Waals surface area contributed by atoms with Gasteiger partial charge in [-0.3, -0.25) is 0 Å². The Bertz CT molecular complexity index is 296. The molecule has 1 aromatic carbocycles. The minimum Gasteiger partial charge on any atom is -0.310 e. The van der Waals surface area contributed by atoms with E-state index in [4.69, 9.17) is 0 Å². The van der Waals surface area contributed by atoms with Crippen LogP contribution in [0.1, 0.15) is 37.4 Å². The Hall–Kier alpha value is -0.0900. The number of halogens is 1. The largest absolute Gasteiger partial charge is 0.310 e. The maximum Gasteiger partial charge on any atom is 0.0328 e. The first kappa shape index (κ1) is 12.0. The summed E-state index contributed by atoms with van der Waals surface area (Å²) < 4.78 is 1.40. The van der Waals surface area contributed by atoms with Crippen molar-refractivity contribution in [3.05, 3.63) is 32.9 Å². The summed E-state index contributed by atoms with van der Waals surface area (Å²) in [5.74, 6) is 0. The van der Waals surface area contributed by atoms with Crippen LogP contribution in [0.4, 0.5) is 0 Å². The predicted octanol–water partition coefficient (Wildman–Crippen LogP) is 3.66. The van der Waals surface area contributed by atoms with Crippen LogP contribution >= 0.6 is 22.6 Å². The molecule has 0 spiro atoms. The van der Waals surface area contributed by atoms with E-state index < -0.39 is 0 Å². The minimum atomic E-state index is 0.506. The molecule has 0 aliphatic carbocycles. The van der Waals surface area contributed by atoms with Gasteiger partial charge >= 0.3 is 0 Å².